The zero-order valence-corrected chi connectivity index (χ0v) is 10.0. The molecular formula is C10H13NO5S. The van der Waals surface area contributed by atoms with Crippen molar-refractivity contribution in [3.8, 4) is 5.75 Å². The molecule has 3 N–H and O–H groups in total. The van der Waals surface area contributed by atoms with Crippen LogP contribution in [0.5, 0.6) is 5.75 Å². The number of rotatable bonds is 5. The number of carbonyl (C=O) groups is 1. The number of primary sulfonamides is 1. The van der Waals surface area contributed by atoms with Gasteiger partial charge in [-0.05, 0) is 24.6 Å². The summed E-state index contributed by atoms with van der Waals surface area (Å²) < 4.78 is 27.8. The van der Waals surface area contributed by atoms with Gasteiger partial charge < -0.3 is 9.84 Å². The molecular weight excluding hydrogens is 246 g/mol. The number of benzene rings is 1. The second-order valence-electron chi connectivity index (χ2n) is 3.36. The summed E-state index contributed by atoms with van der Waals surface area (Å²) in [5.74, 6) is -1.16. The van der Waals surface area contributed by atoms with Gasteiger partial charge in [-0.15, -0.1) is 0 Å². The molecule has 0 atom stereocenters. The van der Waals surface area contributed by atoms with E-state index >= 15 is 0 Å². The highest BCUT2D eigenvalue weighted by Crippen LogP contribution is 2.24. The van der Waals surface area contributed by atoms with Crippen LogP contribution in [-0.4, -0.2) is 26.1 Å². The van der Waals surface area contributed by atoms with Crippen molar-refractivity contribution in [2.45, 2.75) is 18.2 Å². The summed E-state index contributed by atoms with van der Waals surface area (Å²) in [6.07, 6.45) is 0.699. The van der Waals surface area contributed by atoms with E-state index in [-0.39, 0.29) is 16.2 Å². The summed E-state index contributed by atoms with van der Waals surface area (Å²) in [6, 6.07) is 3.55. The van der Waals surface area contributed by atoms with Crippen LogP contribution in [0.15, 0.2) is 23.1 Å². The minimum absolute atomic E-state index is 0.0688. The summed E-state index contributed by atoms with van der Waals surface area (Å²) >= 11 is 0. The molecule has 0 aliphatic carbocycles. The van der Waals surface area contributed by atoms with Gasteiger partial charge >= 0.3 is 5.97 Å². The van der Waals surface area contributed by atoms with Crippen LogP contribution >= 0.6 is 0 Å². The van der Waals surface area contributed by atoms with Crippen LogP contribution in [0.4, 0.5) is 0 Å². The third kappa shape index (κ3) is 3.43. The molecule has 7 heteroatoms. The van der Waals surface area contributed by atoms with Crippen molar-refractivity contribution < 1.29 is 23.1 Å². The van der Waals surface area contributed by atoms with Gasteiger partial charge in [-0.25, -0.2) is 18.4 Å². The first-order valence-electron chi connectivity index (χ1n) is 4.89. The molecule has 0 radical (unpaired) electrons. The molecule has 6 nitrogen and oxygen atoms in total. The molecule has 0 saturated heterocycles. The number of hydrogen-bond acceptors (Lipinski definition) is 4. The van der Waals surface area contributed by atoms with E-state index in [0.29, 0.717) is 13.0 Å². The van der Waals surface area contributed by atoms with E-state index in [1.165, 1.54) is 12.1 Å². The Balaban J connectivity index is 3.27. The van der Waals surface area contributed by atoms with Crippen molar-refractivity contribution in [2.75, 3.05) is 6.61 Å². The van der Waals surface area contributed by atoms with Crippen LogP contribution in [0.3, 0.4) is 0 Å². The summed E-state index contributed by atoms with van der Waals surface area (Å²) in [7, 11) is -4.01. The van der Waals surface area contributed by atoms with Gasteiger partial charge in [-0.1, -0.05) is 6.92 Å². The van der Waals surface area contributed by atoms with Crippen molar-refractivity contribution in [3.63, 3.8) is 0 Å². The predicted octanol–water partition coefficient (Wildman–Crippen LogP) is 0.821. The molecule has 1 aromatic rings. The molecule has 0 saturated carbocycles. The fourth-order valence-corrected chi connectivity index (χ4v) is 1.89. The minimum atomic E-state index is -4.01. The maximum Gasteiger partial charge on any atom is 0.335 e. The third-order valence-electron chi connectivity index (χ3n) is 1.96. The molecule has 0 heterocycles. The van der Waals surface area contributed by atoms with Gasteiger partial charge in [0.2, 0.25) is 10.0 Å². The molecule has 0 fully saturated rings. The number of aromatic carboxylic acids is 1. The third-order valence-corrected chi connectivity index (χ3v) is 2.89. The molecule has 0 unspecified atom stereocenters. The molecule has 17 heavy (non-hydrogen) atoms. The number of carboxylic acid groups (broad SMARTS) is 1. The second kappa shape index (κ2) is 5.15. The molecule has 0 amide bonds. The molecule has 0 bridgehead atoms. The highest BCUT2D eigenvalue weighted by Gasteiger charge is 2.18. The lowest BCUT2D eigenvalue weighted by atomic mass is 10.2. The number of carboxylic acids is 1. The maximum atomic E-state index is 11.3. The lowest BCUT2D eigenvalue weighted by molar-refractivity contribution is 0.0696. The molecule has 0 aromatic heterocycles. The Labute approximate surface area is 99.1 Å². The van der Waals surface area contributed by atoms with Gasteiger partial charge in [0.05, 0.1) is 12.2 Å². The van der Waals surface area contributed by atoms with Gasteiger partial charge in [-0.2, -0.15) is 0 Å². The number of nitrogens with two attached hydrogens (primary N) is 1. The van der Waals surface area contributed by atoms with Crippen LogP contribution in [0.25, 0.3) is 0 Å². The quantitative estimate of drug-likeness (QED) is 0.814. The Kier molecular flexibility index (Phi) is 4.08. The van der Waals surface area contributed by atoms with Gasteiger partial charge in [0.25, 0.3) is 0 Å². The minimum Gasteiger partial charge on any atom is -0.492 e. The van der Waals surface area contributed by atoms with Crippen molar-refractivity contribution >= 4 is 16.0 Å². The van der Waals surface area contributed by atoms with E-state index in [2.05, 4.69) is 0 Å². The topological polar surface area (TPSA) is 107 Å². The zero-order valence-electron chi connectivity index (χ0n) is 9.21. The average Bonchev–Trinajstić information content (AvgIpc) is 2.24. The first kappa shape index (κ1) is 13.5. The van der Waals surface area contributed by atoms with Crippen molar-refractivity contribution in [1.29, 1.82) is 0 Å². The zero-order chi connectivity index (χ0) is 13.1. The Morgan fingerprint density at radius 3 is 2.59 bits per heavy atom. The van der Waals surface area contributed by atoms with Crippen LogP contribution in [0.2, 0.25) is 0 Å². The van der Waals surface area contributed by atoms with E-state index in [1.54, 1.807) is 0 Å². The van der Waals surface area contributed by atoms with Crippen LogP contribution in [-0.2, 0) is 10.0 Å². The first-order chi connectivity index (χ1) is 7.86. The normalized spacial score (nSPS) is 11.2. The standard InChI is InChI=1S/C10H13NO5S/c1-2-5-16-8-4-3-7(10(12)13)6-9(8)17(11,14)15/h3-4,6H,2,5H2,1H3,(H,12,13)(H2,11,14,15). The summed E-state index contributed by atoms with van der Waals surface area (Å²) in [6.45, 7) is 2.19. The average molecular weight is 259 g/mol. The lowest BCUT2D eigenvalue weighted by Crippen LogP contribution is -2.15. The van der Waals surface area contributed by atoms with E-state index in [0.717, 1.165) is 6.07 Å². The van der Waals surface area contributed by atoms with Crippen molar-refractivity contribution in [1.82, 2.24) is 0 Å². The number of hydrogen-bond donors (Lipinski definition) is 2. The van der Waals surface area contributed by atoms with Gasteiger partial charge in [0.15, 0.2) is 0 Å². The highest BCUT2D eigenvalue weighted by molar-refractivity contribution is 7.89. The molecule has 0 spiro atoms. The van der Waals surface area contributed by atoms with Crippen LogP contribution in [0, 0.1) is 0 Å². The molecule has 1 aromatic carbocycles. The highest BCUT2D eigenvalue weighted by atomic mass is 32.2. The Hall–Kier alpha value is -1.60. The number of ether oxygens (including phenoxy) is 1. The van der Waals surface area contributed by atoms with Crippen LogP contribution < -0.4 is 9.88 Å². The maximum absolute atomic E-state index is 11.3. The molecule has 0 aliphatic rings. The second-order valence-corrected chi connectivity index (χ2v) is 4.89. The molecule has 0 aliphatic heterocycles. The van der Waals surface area contributed by atoms with Crippen LogP contribution in [0.1, 0.15) is 23.7 Å². The van der Waals surface area contributed by atoms with Gasteiger partial charge in [0, 0.05) is 0 Å². The largest absolute Gasteiger partial charge is 0.492 e. The van der Waals surface area contributed by atoms with Crippen molar-refractivity contribution in [3.05, 3.63) is 23.8 Å². The van der Waals surface area contributed by atoms with E-state index in [1.807, 2.05) is 6.92 Å². The SMILES string of the molecule is CCCOc1ccc(C(=O)O)cc1S(N)(=O)=O. The smallest absolute Gasteiger partial charge is 0.335 e. The summed E-state index contributed by atoms with van der Waals surface area (Å²) in [5.41, 5.74) is -0.155. The van der Waals surface area contributed by atoms with Crippen molar-refractivity contribution in [2.24, 2.45) is 5.14 Å². The monoisotopic (exact) mass is 259 g/mol. The fraction of sp³-hybridized carbons (Fsp3) is 0.300. The predicted molar refractivity (Wildman–Crippen MR) is 60.6 cm³/mol. The first-order valence-corrected chi connectivity index (χ1v) is 6.44. The molecule has 94 valence electrons. The Bertz CT molecular complexity index is 523. The fourth-order valence-electron chi connectivity index (χ4n) is 1.19. The van der Waals surface area contributed by atoms with E-state index < -0.39 is 16.0 Å². The Morgan fingerprint density at radius 1 is 1.47 bits per heavy atom. The van der Waals surface area contributed by atoms with E-state index in [9.17, 15) is 13.2 Å². The Morgan fingerprint density at radius 2 is 2.12 bits per heavy atom. The van der Waals surface area contributed by atoms with Gasteiger partial charge in [-0.3, -0.25) is 0 Å². The summed E-state index contributed by atoms with van der Waals surface area (Å²) in [5, 5.41) is 13.8. The number of sulfonamides is 1. The van der Waals surface area contributed by atoms with Gasteiger partial charge in [0.1, 0.15) is 10.6 Å². The molecule has 1 rings (SSSR count). The summed E-state index contributed by atoms with van der Waals surface area (Å²) in [4.78, 5) is 10.4. The lowest BCUT2D eigenvalue weighted by Gasteiger charge is -2.09. The van der Waals surface area contributed by atoms with E-state index in [4.69, 9.17) is 15.0 Å².